The van der Waals surface area contributed by atoms with E-state index < -0.39 is 66.2 Å². The van der Waals surface area contributed by atoms with E-state index in [1.54, 1.807) is 13.8 Å². The number of thiol groups is 1. The molecule has 0 saturated heterocycles. The lowest BCUT2D eigenvalue weighted by Gasteiger charge is -2.26. The Kier molecular flexibility index (Phi) is 13.2. The summed E-state index contributed by atoms with van der Waals surface area (Å²) in [6.07, 6.45) is 1.46. The summed E-state index contributed by atoms with van der Waals surface area (Å²) >= 11 is 5.34. The second-order valence-electron chi connectivity index (χ2n) is 6.86. The summed E-state index contributed by atoms with van der Waals surface area (Å²) in [5, 5.41) is 25.1. The van der Waals surface area contributed by atoms with Crippen molar-refractivity contribution in [1.29, 1.82) is 0 Å². The summed E-state index contributed by atoms with van der Waals surface area (Å²) in [6.45, 7) is 3.23. The highest BCUT2D eigenvalue weighted by molar-refractivity contribution is 7.98. The maximum Gasteiger partial charge on any atom is 0.327 e. The molecular weight excluding hydrogens is 436 g/mol. The van der Waals surface area contributed by atoms with E-state index in [1.165, 1.54) is 11.8 Å². The molecule has 4 unspecified atom stereocenters. The predicted molar refractivity (Wildman–Crippen MR) is 115 cm³/mol. The van der Waals surface area contributed by atoms with Gasteiger partial charge in [0.05, 0.1) is 12.5 Å². The van der Waals surface area contributed by atoms with Crippen molar-refractivity contribution < 1.29 is 34.2 Å². The summed E-state index contributed by atoms with van der Waals surface area (Å²) < 4.78 is 0. The van der Waals surface area contributed by atoms with E-state index in [2.05, 4.69) is 28.6 Å². The van der Waals surface area contributed by atoms with E-state index in [-0.39, 0.29) is 5.75 Å². The molecule has 0 aliphatic heterocycles. The Morgan fingerprint density at radius 1 is 0.967 bits per heavy atom. The average molecular weight is 467 g/mol. The van der Waals surface area contributed by atoms with Gasteiger partial charge in [-0.05, 0) is 24.3 Å². The second-order valence-corrected chi connectivity index (χ2v) is 8.21. The molecule has 4 atom stereocenters. The topological polar surface area (TPSA) is 188 Å². The predicted octanol–water partition coefficient (Wildman–Crippen LogP) is -1.33. The first-order valence-electron chi connectivity index (χ1n) is 9.15. The van der Waals surface area contributed by atoms with Gasteiger partial charge in [-0.25, -0.2) is 4.79 Å². The van der Waals surface area contributed by atoms with Crippen molar-refractivity contribution in [2.75, 3.05) is 17.8 Å². The lowest BCUT2D eigenvalue weighted by atomic mass is 10.0. The third-order valence-corrected chi connectivity index (χ3v) is 5.03. The van der Waals surface area contributed by atoms with Crippen molar-refractivity contribution >= 4 is 54.1 Å². The molecule has 0 saturated carbocycles. The number of carbonyl (C=O) groups is 5. The van der Waals surface area contributed by atoms with Crippen LogP contribution in [0.25, 0.3) is 0 Å². The van der Waals surface area contributed by atoms with Crippen molar-refractivity contribution in [3.63, 3.8) is 0 Å². The van der Waals surface area contributed by atoms with Crippen molar-refractivity contribution in [3.05, 3.63) is 0 Å². The average Bonchev–Trinajstić information content (AvgIpc) is 2.66. The molecule has 0 radical (unpaired) electrons. The zero-order valence-electron chi connectivity index (χ0n) is 17.1. The van der Waals surface area contributed by atoms with Crippen molar-refractivity contribution in [2.24, 2.45) is 11.7 Å². The summed E-state index contributed by atoms with van der Waals surface area (Å²) in [7, 11) is 0. The minimum Gasteiger partial charge on any atom is -0.481 e. The first-order chi connectivity index (χ1) is 13.9. The quantitative estimate of drug-likeness (QED) is 0.152. The number of rotatable bonds is 14. The van der Waals surface area contributed by atoms with Crippen LogP contribution in [0, 0.1) is 5.92 Å². The van der Waals surface area contributed by atoms with Crippen LogP contribution in [-0.2, 0) is 24.0 Å². The molecule has 0 aromatic heterocycles. The molecule has 0 aromatic rings. The largest absolute Gasteiger partial charge is 0.481 e. The summed E-state index contributed by atoms with van der Waals surface area (Å²) in [6, 6.07) is -4.79. The molecule has 13 heteroatoms. The van der Waals surface area contributed by atoms with Crippen LogP contribution >= 0.6 is 24.4 Å². The Morgan fingerprint density at radius 2 is 1.53 bits per heavy atom. The van der Waals surface area contributed by atoms with Crippen LogP contribution < -0.4 is 21.7 Å². The molecule has 0 rings (SSSR count). The lowest BCUT2D eigenvalue weighted by Crippen LogP contribution is -2.59. The fourth-order valence-corrected chi connectivity index (χ4v) is 3.01. The number of hydrogen-bond acceptors (Lipinski definition) is 8. The van der Waals surface area contributed by atoms with Crippen LogP contribution in [0.1, 0.15) is 26.7 Å². The van der Waals surface area contributed by atoms with Gasteiger partial charge in [0.1, 0.15) is 18.1 Å². The van der Waals surface area contributed by atoms with Crippen LogP contribution in [0.4, 0.5) is 0 Å². The van der Waals surface area contributed by atoms with Gasteiger partial charge < -0.3 is 31.9 Å². The summed E-state index contributed by atoms with van der Waals surface area (Å²) in [4.78, 5) is 59.5. The Hall–Kier alpha value is -1.99. The number of nitrogens with two attached hydrogens (primary N) is 1. The number of carboxylic acids is 2. The van der Waals surface area contributed by atoms with E-state index in [0.717, 1.165) is 0 Å². The normalized spacial score (nSPS) is 14.9. The Balaban J connectivity index is 5.31. The number of carboxylic acid groups (broad SMARTS) is 2. The molecule has 7 N–H and O–H groups in total. The molecule has 0 aliphatic rings. The molecule has 172 valence electrons. The van der Waals surface area contributed by atoms with E-state index in [4.69, 9.17) is 15.9 Å². The Morgan fingerprint density at radius 3 is 1.97 bits per heavy atom. The van der Waals surface area contributed by atoms with E-state index >= 15 is 0 Å². The molecule has 0 bridgehead atoms. The molecule has 11 nitrogen and oxygen atoms in total. The number of amides is 3. The SMILES string of the molecule is CSCCC(N)C(=O)NC(CC(=O)O)C(=O)NC(C(=O)NC(CS)C(=O)O)C(C)C. The zero-order valence-corrected chi connectivity index (χ0v) is 18.8. The van der Waals surface area contributed by atoms with Gasteiger partial charge in [-0.3, -0.25) is 19.2 Å². The highest BCUT2D eigenvalue weighted by Crippen LogP contribution is 2.06. The fourth-order valence-electron chi connectivity index (χ4n) is 2.27. The van der Waals surface area contributed by atoms with Gasteiger partial charge in [0.2, 0.25) is 17.7 Å². The van der Waals surface area contributed by atoms with Crippen molar-refractivity contribution in [3.8, 4) is 0 Å². The third kappa shape index (κ3) is 10.2. The smallest absolute Gasteiger partial charge is 0.327 e. The number of hydrogen-bond donors (Lipinski definition) is 7. The van der Waals surface area contributed by atoms with E-state index in [9.17, 15) is 24.0 Å². The first kappa shape index (κ1) is 28.0. The Labute approximate surface area is 184 Å². The lowest BCUT2D eigenvalue weighted by molar-refractivity contribution is -0.143. The molecule has 0 aliphatic carbocycles. The van der Waals surface area contributed by atoms with E-state index in [0.29, 0.717) is 12.2 Å². The molecular formula is C17H30N4O7S2. The van der Waals surface area contributed by atoms with Crippen LogP contribution in [0.2, 0.25) is 0 Å². The third-order valence-electron chi connectivity index (χ3n) is 4.03. The summed E-state index contributed by atoms with van der Waals surface area (Å²) in [5.41, 5.74) is 5.75. The first-order valence-corrected chi connectivity index (χ1v) is 11.2. The minimum atomic E-state index is -1.45. The minimum absolute atomic E-state index is 0.161. The molecule has 3 amide bonds. The fraction of sp³-hybridized carbons (Fsp3) is 0.706. The number of carbonyl (C=O) groups excluding carboxylic acids is 3. The number of nitrogens with one attached hydrogen (secondary N) is 3. The highest BCUT2D eigenvalue weighted by atomic mass is 32.2. The van der Waals surface area contributed by atoms with Gasteiger partial charge in [-0.15, -0.1) is 0 Å². The molecule has 0 heterocycles. The van der Waals surface area contributed by atoms with Crippen molar-refractivity contribution in [2.45, 2.75) is 50.9 Å². The molecule has 0 aromatic carbocycles. The van der Waals surface area contributed by atoms with E-state index in [1.807, 2.05) is 6.26 Å². The standard InChI is InChI=1S/C17H30N4O7S2/c1-8(2)13(16(26)20-11(7-29)17(27)28)21-15(25)10(6-12(22)23)19-14(24)9(18)4-5-30-3/h8-11,13,29H,4-7,18H2,1-3H3,(H,19,24)(H,20,26)(H,21,25)(H,22,23)(H,27,28). The van der Waals surface area contributed by atoms with Crippen LogP contribution in [-0.4, -0.2) is 81.8 Å². The van der Waals surface area contributed by atoms with Crippen LogP contribution in [0.15, 0.2) is 0 Å². The Bertz CT molecular complexity index is 633. The zero-order chi connectivity index (χ0) is 23.4. The summed E-state index contributed by atoms with van der Waals surface area (Å²) in [5.74, 6) is -4.97. The van der Waals surface area contributed by atoms with Crippen LogP contribution in [0.3, 0.4) is 0 Å². The van der Waals surface area contributed by atoms with Gasteiger partial charge in [-0.1, -0.05) is 13.8 Å². The molecule has 30 heavy (non-hydrogen) atoms. The number of aliphatic carboxylic acids is 2. The van der Waals surface area contributed by atoms with Gasteiger partial charge in [0.25, 0.3) is 0 Å². The maximum atomic E-state index is 12.6. The van der Waals surface area contributed by atoms with Gasteiger partial charge in [0, 0.05) is 5.75 Å². The van der Waals surface area contributed by atoms with Crippen molar-refractivity contribution in [1.82, 2.24) is 16.0 Å². The van der Waals surface area contributed by atoms with Gasteiger partial charge in [-0.2, -0.15) is 24.4 Å². The number of thioether (sulfide) groups is 1. The van der Waals surface area contributed by atoms with Gasteiger partial charge in [0.15, 0.2) is 0 Å². The molecule has 0 spiro atoms. The maximum absolute atomic E-state index is 12.6. The monoisotopic (exact) mass is 466 g/mol. The van der Waals surface area contributed by atoms with Gasteiger partial charge >= 0.3 is 11.9 Å². The van der Waals surface area contributed by atoms with Crippen LogP contribution in [0.5, 0.6) is 0 Å². The highest BCUT2D eigenvalue weighted by Gasteiger charge is 2.32. The molecule has 0 fully saturated rings. The second kappa shape index (κ2) is 14.1.